The van der Waals surface area contributed by atoms with Gasteiger partial charge in [-0.25, -0.2) is 13.2 Å². The van der Waals surface area contributed by atoms with Gasteiger partial charge in [0.1, 0.15) is 6.61 Å². The van der Waals surface area contributed by atoms with Gasteiger partial charge in [0.2, 0.25) is 0 Å². The monoisotopic (exact) mass is 233 g/mol. The first kappa shape index (κ1) is 12.0. The molecule has 15 heavy (non-hydrogen) atoms. The number of carbonyl (C=O) groups is 1. The molecule has 6 heteroatoms. The summed E-state index contributed by atoms with van der Waals surface area (Å²) in [6, 6.07) is 0. The highest BCUT2D eigenvalue weighted by Gasteiger charge is 2.25. The van der Waals surface area contributed by atoms with E-state index in [0.717, 1.165) is 0 Å². The van der Waals surface area contributed by atoms with E-state index in [2.05, 4.69) is 0 Å². The summed E-state index contributed by atoms with van der Waals surface area (Å²) in [5, 5.41) is 0. The zero-order valence-electron chi connectivity index (χ0n) is 8.68. The third-order valence-corrected chi connectivity index (χ3v) is 3.75. The van der Waals surface area contributed by atoms with Crippen molar-refractivity contribution in [2.75, 3.05) is 31.2 Å². The van der Waals surface area contributed by atoms with Crippen LogP contribution in [0.25, 0.3) is 0 Å². The van der Waals surface area contributed by atoms with Gasteiger partial charge in [0.25, 0.3) is 0 Å². The lowest BCUT2D eigenvalue weighted by atomic mass is 10.5. The van der Waals surface area contributed by atoms with Gasteiger partial charge in [-0.1, -0.05) is 12.2 Å². The summed E-state index contributed by atoms with van der Waals surface area (Å²) in [4.78, 5) is 12.8. The van der Waals surface area contributed by atoms with E-state index in [4.69, 9.17) is 4.74 Å². The predicted octanol–water partition coefficient (Wildman–Crippen LogP) is 0.430. The molecule has 1 aliphatic rings. The van der Waals surface area contributed by atoms with Crippen LogP contribution < -0.4 is 0 Å². The average molecular weight is 233 g/mol. The maximum atomic E-state index is 11.4. The predicted molar refractivity (Wildman–Crippen MR) is 56.4 cm³/mol. The average Bonchev–Trinajstić information content (AvgIpc) is 2.18. The van der Waals surface area contributed by atoms with Crippen LogP contribution in [0.5, 0.6) is 0 Å². The van der Waals surface area contributed by atoms with E-state index in [9.17, 15) is 13.2 Å². The Kier molecular flexibility index (Phi) is 4.14. The number of allylic oxidation sites excluding steroid dienone is 1. The fourth-order valence-corrected chi connectivity index (χ4v) is 2.40. The second-order valence-corrected chi connectivity index (χ2v) is 5.59. The molecular formula is C9H15NO4S. The molecule has 0 saturated carbocycles. The van der Waals surface area contributed by atoms with Crippen LogP contribution in [0.3, 0.4) is 0 Å². The number of rotatable bonds is 2. The molecule has 0 N–H and O–H groups in total. The van der Waals surface area contributed by atoms with Gasteiger partial charge in [-0.05, 0) is 6.92 Å². The Balaban J connectivity index is 2.36. The van der Waals surface area contributed by atoms with E-state index in [1.807, 2.05) is 6.92 Å². The lowest BCUT2D eigenvalue weighted by molar-refractivity contribution is 0.116. The maximum Gasteiger partial charge on any atom is 0.410 e. The number of hydrogen-bond donors (Lipinski definition) is 0. The van der Waals surface area contributed by atoms with Crippen molar-refractivity contribution < 1.29 is 17.9 Å². The SMILES string of the molecule is CC=CCOC(=O)N1CCS(=O)(=O)CC1. The lowest BCUT2D eigenvalue weighted by Gasteiger charge is -2.25. The summed E-state index contributed by atoms with van der Waals surface area (Å²) in [5.41, 5.74) is 0. The minimum absolute atomic E-state index is 0.0334. The van der Waals surface area contributed by atoms with Gasteiger partial charge in [0.05, 0.1) is 11.5 Å². The van der Waals surface area contributed by atoms with Crippen LogP contribution in [0, 0.1) is 0 Å². The third kappa shape index (κ3) is 3.91. The van der Waals surface area contributed by atoms with Crippen molar-refractivity contribution in [1.29, 1.82) is 0 Å². The summed E-state index contributed by atoms with van der Waals surface area (Å²) in [6.07, 6.45) is 3.06. The Morgan fingerprint density at radius 2 is 2.00 bits per heavy atom. The van der Waals surface area contributed by atoms with Gasteiger partial charge >= 0.3 is 6.09 Å². The van der Waals surface area contributed by atoms with Gasteiger partial charge in [-0.2, -0.15) is 0 Å². The topological polar surface area (TPSA) is 63.7 Å². The number of amides is 1. The van der Waals surface area contributed by atoms with Crippen LogP contribution in [0.2, 0.25) is 0 Å². The highest BCUT2D eigenvalue weighted by molar-refractivity contribution is 7.91. The number of sulfone groups is 1. The molecule has 1 rings (SSSR count). The summed E-state index contributed by atoms with van der Waals surface area (Å²) in [6.45, 7) is 2.54. The quantitative estimate of drug-likeness (QED) is 0.649. The third-order valence-electron chi connectivity index (χ3n) is 2.14. The van der Waals surface area contributed by atoms with Crippen LogP contribution in [-0.2, 0) is 14.6 Å². The first-order valence-electron chi connectivity index (χ1n) is 4.78. The molecule has 1 amide bonds. The number of carbonyl (C=O) groups excluding carboxylic acids is 1. The maximum absolute atomic E-state index is 11.4. The second-order valence-electron chi connectivity index (χ2n) is 3.28. The molecule has 86 valence electrons. The van der Waals surface area contributed by atoms with Crippen LogP contribution in [0.1, 0.15) is 6.92 Å². The Labute approximate surface area is 89.6 Å². The summed E-state index contributed by atoms with van der Waals surface area (Å²) in [5.74, 6) is 0.0669. The molecule has 1 aliphatic heterocycles. The minimum Gasteiger partial charge on any atom is -0.445 e. The van der Waals surface area contributed by atoms with Crippen LogP contribution in [-0.4, -0.2) is 50.6 Å². The van der Waals surface area contributed by atoms with Crippen LogP contribution >= 0.6 is 0 Å². The molecule has 1 saturated heterocycles. The molecule has 5 nitrogen and oxygen atoms in total. The van der Waals surface area contributed by atoms with E-state index in [1.165, 1.54) is 4.90 Å². The standard InChI is InChI=1S/C9H15NO4S/c1-2-3-6-14-9(11)10-4-7-15(12,13)8-5-10/h2-3H,4-8H2,1H3. The van der Waals surface area contributed by atoms with E-state index >= 15 is 0 Å². The first-order valence-corrected chi connectivity index (χ1v) is 6.60. The van der Waals surface area contributed by atoms with Crippen LogP contribution in [0.4, 0.5) is 4.79 Å². The molecule has 0 aromatic rings. The molecule has 0 atom stereocenters. The molecule has 0 aromatic heterocycles. The fraction of sp³-hybridized carbons (Fsp3) is 0.667. The molecule has 0 radical (unpaired) electrons. The summed E-state index contributed by atoms with van der Waals surface area (Å²) >= 11 is 0. The van der Waals surface area contributed by atoms with Crippen molar-refractivity contribution in [1.82, 2.24) is 4.90 Å². The van der Waals surface area contributed by atoms with Crippen molar-refractivity contribution in [2.24, 2.45) is 0 Å². The molecule has 0 aliphatic carbocycles. The second kappa shape index (κ2) is 5.16. The van der Waals surface area contributed by atoms with Gasteiger partial charge < -0.3 is 9.64 Å². The molecular weight excluding hydrogens is 218 g/mol. The summed E-state index contributed by atoms with van der Waals surface area (Å²) in [7, 11) is -2.94. The van der Waals surface area contributed by atoms with Gasteiger partial charge in [0.15, 0.2) is 9.84 Å². The Morgan fingerprint density at radius 3 is 2.53 bits per heavy atom. The van der Waals surface area contributed by atoms with Crippen LogP contribution in [0.15, 0.2) is 12.2 Å². The minimum atomic E-state index is -2.94. The number of hydrogen-bond acceptors (Lipinski definition) is 4. The van der Waals surface area contributed by atoms with Crippen molar-refractivity contribution >= 4 is 15.9 Å². The number of ether oxygens (including phenoxy) is 1. The van der Waals surface area contributed by atoms with Crippen molar-refractivity contribution in [3.8, 4) is 0 Å². The Hall–Kier alpha value is -1.04. The summed E-state index contributed by atoms with van der Waals surface area (Å²) < 4.78 is 27.1. The first-order chi connectivity index (χ1) is 7.05. The number of nitrogens with zero attached hydrogens (tertiary/aromatic N) is 1. The molecule has 0 bridgehead atoms. The van der Waals surface area contributed by atoms with E-state index in [-0.39, 0.29) is 31.2 Å². The van der Waals surface area contributed by atoms with E-state index < -0.39 is 15.9 Å². The lowest BCUT2D eigenvalue weighted by Crippen LogP contribution is -2.43. The molecule has 1 heterocycles. The molecule has 1 fully saturated rings. The molecule has 0 aromatic carbocycles. The highest BCUT2D eigenvalue weighted by atomic mass is 32.2. The van der Waals surface area contributed by atoms with Crippen molar-refractivity contribution in [3.63, 3.8) is 0 Å². The van der Waals surface area contributed by atoms with Crippen molar-refractivity contribution in [3.05, 3.63) is 12.2 Å². The normalized spacial score (nSPS) is 20.5. The van der Waals surface area contributed by atoms with Gasteiger partial charge in [0, 0.05) is 13.1 Å². The molecule has 0 unspecified atom stereocenters. The van der Waals surface area contributed by atoms with E-state index in [1.54, 1.807) is 12.2 Å². The smallest absolute Gasteiger partial charge is 0.410 e. The zero-order chi connectivity index (χ0) is 11.3. The van der Waals surface area contributed by atoms with Gasteiger partial charge in [-0.15, -0.1) is 0 Å². The Bertz CT molecular complexity index is 333. The Morgan fingerprint density at radius 1 is 1.40 bits per heavy atom. The van der Waals surface area contributed by atoms with Gasteiger partial charge in [-0.3, -0.25) is 0 Å². The van der Waals surface area contributed by atoms with Crippen molar-refractivity contribution in [2.45, 2.75) is 6.92 Å². The zero-order valence-corrected chi connectivity index (χ0v) is 9.50. The molecule has 0 spiro atoms. The fourth-order valence-electron chi connectivity index (χ4n) is 1.20. The highest BCUT2D eigenvalue weighted by Crippen LogP contribution is 2.05. The largest absolute Gasteiger partial charge is 0.445 e. The van der Waals surface area contributed by atoms with E-state index in [0.29, 0.717) is 0 Å².